The Bertz CT molecular complexity index is 1350. The minimum absolute atomic E-state index is 0.0606. The van der Waals surface area contributed by atoms with Crippen molar-refractivity contribution >= 4 is 38.9 Å². The second-order valence-corrected chi connectivity index (χ2v) is 12.3. The SMILES string of the molecule is NS(=O)(=O)c1ccc(-c2sc(C3(C(=O)N4CC5CC5C4)CC3)nc2-c2ccc(Cl)cc2)cc1. The first-order chi connectivity index (χ1) is 15.7. The average Bonchev–Trinajstić information content (AvgIpc) is 3.67. The third-order valence-corrected chi connectivity index (χ3v) is 9.51. The van der Waals surface area contributed by atoms with Crippen LogP contribution in [0.2, 0.25) is 5.02 Å². The molecular weight excluding hydrogens is 478 g/mol. The van der Waals surface area contributed by atoms with E-state index in [2.05, 4.69) is 0 Å². The van der Waals surface area contributed by atoms with Gasteiger partial charge in [0.05, 0.1) is 15.5 Å². The summed E-state index contributed by atoms with van der Waals surface area (Å²) in [6, 6.07) is 14.0. The number of rotatable bonds is 5. The van der Waals surface area contributed by atoms with Crippen LogP contribution in [0.15, 0.2) is 53.4 Å². The summed E-state index contributed by atoms with van der Waals surface area (Å²) in [7, 11) is -3.78. The fourth-order valence-electron chi connectivity index (χ4n) is 4.83. The second-order valence-electron chi connectivity index (χ2n) is 9.32. The van der Waals surface area contributed by atoms with E-state index in [0.717, 1.165) is 52.6 Å². The van der Waals surface area contributed by atoms with Gasteiger partial charge in [-0.3, -0.25) is 4.79 Å². The van der Waals surface area contributed by atoms with Crippen molar-refractivity contribution in [3.8, 4) is 21.7 Å². The number of nitrogens with zero attached hydrogens (tertiary/aromatic N) is 2. The smallest absolute Gasteiger partial charge is 0.238 e. The largest absolute Gasteiger partial charge is 0.341 e. The van der Waals surface area contributed by atoms with Crippen LogP contribution in [0.3, 0.4) is 0 Å². The number of benzene rings is 2. The molecule has 1 aliphatic heterocycles. The molecule has 2 unspecified atom stereocenters. The van der Waals surface area contributed by atoms with E-state index in [1.54, 1.807) is 12.1 Å². The summed E-state index contributed by atoms with van der Waals surface area (Å²) in [6.07, 6.45) is 2.89. The van der Waals surface area contributed by atoms with Crippen molar-refractivity contribution in [1.82, 2.24) is 9.88 Å². The molecular formula is C24H22ClN3O3S2. The van der Waals surface area contributed by atoms with Gasteiger partial charge >= 0.3 is 0 Å². The third kappa shape index (κ3) is 3.69. The van der Waals surface area contributed by atoms with Crippen LogP contribution in [0.1, 0.15) is 24.3 Å². The van der Waals surface area contributed by atoms with Crippen LogP contribution in [0, 0.1) is 11.8 Å². The number of carbonyl (C=O) groups excluding carboxylic acids is 1. The van der Waals surface area contributed by atoms with Gasteiger partial charge < -0.3 is 4.90 Å². The number of sulfonamides is 1. The molecule has 1 saturated heterocycles. The van der Waals surface area contributed by atoms with Crippen LogP contribution >= 0.6 is 22.9 Å². The number of carbonyl (C=O) groups is 1. The topological polar surface area (TPSA) is 93.4 Å². The zero-order valence-electron chi connectivity index (χ0n) is 17.7. The number of primary sulfonamides is 1. The van der Waals surface area contributed by atoms with E-state index < -0.39 is 15.4 Å². The van der Waals surface area contributed by atoms with E-state index in [1.807, 2.05) is 29.2 Å². The number of amides is 1. The number of likely N-dealkylation sites (tertiary alicyclic amines) is 1. The molecule has 33 heavy (non-hydrogen) atoms. The Morgan fingerprint density at radius 2 is 1.64 bits per heavy atom. The maximum Gasteiger partial charge on any atom is 0.238 e. The quantitative estimate of drug-likeness (QED) is 0.566. The molecule has 2 aliphatic carbocycles. The summed E-state index contributed by atoms with van der Waals surface area (Å²) in [5, 5.41) is 6.73. The van der Waals surface area contributed by atoms with Gasteiger partial charge in [-0.05, 0) is 60.9 Å². The summed E-state index contributed by atoms with van der Waals surface area (Å²) in [4.78, 5) is 21.5. The van der Waals surface area contributed by atoms with Gasteiger partial charge in [0.15, 0.2) is 0 Å². The van der Waals surface area contributed by atoms with E-state index in [-0.39, 0.29) is 10.8 Å². The first-order valence-corrected chi connectivity index (χ1v) is 13.7. The highest BCUT2D eigenvalue weighted by atomic mass is 35.5. The van der Waals surface area contributed by atoms with Gasteiger partial charge in [-0.25, -0.2) is 18.5 Å². The highest BCUT2D eigenvalue weighted by molar-refractivity contribution is 7.89. The Labute approximate surface area is 201 Å². The maximum atomic E-state index is 13.5. The van der Waals surface area contributed by atoms with Crippen LogP contribution in [0.25, 0.3) is 21.7 Å². The Hall–Kier alpha value is -2.26. The van der Waals surface area contributed by atoms with Gasteiger partial charge in [0, 0.05) is 23.7 Å². The van der Waals surface area contributed by atoms with Gasteiger partial charge in [-0.2, -0.15) is 0 Å². The molecule has 3 fully saturated rings. The first kappa shape index (κ1) is 21.3. The molecule has 3 aliphatic rings. The molecule has 2 N–H and O–H groups in total. The molecule has 2 atom stereocenters. The van der Waals surface area contributed by atoms with Crippen molar-refractivity contribution in [3.05, 3.63) is 58.6 Å². The molecule has 6 nitrogen and oxygen atoms in total. The Balaban J connectivity index is 1.42. The standard InChI is InChI=1S/C24H22ClN3O3S2/c25-18-5-1-14(2-6-18)20-21(15-3-7-19(8-4-15)33(26,30)31)32-22(27-20)24(9-10-24)23(29)28-12-16-11-17(16)13-28/h1-8,16-17H,9-13H2,(H2,26,30,31). The number of thiazole rings is 1. The van der Waals surface area contributed by atoms with E-state index in [9.17, 15) is 13.2 Å². The average molecular weight is 500 g/mol. The van der Waals surface area contributed by atoms with Crippen LogP contribution in [-0.2, 0) is 20.2 Å². The molecule has 2 saturated carbocycles. The van der Waals surface area contributed by atoms with Gasteiger partial charge in [0.1, 0.15) is 10.4 Å². The van der Waals surface area contributed by atoms with Gasteiger partial charge in [0.2, 0.25) is 15.9 Å². The van der Waals surface area contributed by atoms with E-state index in [0.29, 0.717) is 16.9 Å². The summed E-state index contributed by atoms with van der Waals surface area (Å²) in [6.45, 7) is 1.76. The summed E-state index contributed by atoms with van der Waals surface area (Å²) < 4.78 is 23.4. The molecule has 2 aromatic carbocycles. The normalized spacial score (nSPS) is 22.8. The molecule has 0 radical (unpaired) electrons. The van der Waals surface area contributed by atoms with E-state index >= 15 is 0 Å². The van der Waals surface area contributed by atoms with Crippen molar-refractivity contribution in [2.24, 2.45) is 17.0 Å². The van der Waals surface area contributed by atoms with E-state index in [4.69, 9.17) is 21.7 Å². The lowest BCUT2D eigenvalue weighted by Gasteiger charge is -2.23. The second kappa shape index (κ2) is 7.37. The van der Waals surface area contributed by atoms with Crippen molar-refractivity contribution in [1.29, 1.82) is 0 Å². The fourth-order valence-corrected chi connectivity index (χ4v) is 6.80. The molecule has 3 aromatic rings. The minimum atomic E-state index is -3.78. The number of nitrogens with two attached hydrogens (primary N) is 1. The van der Waals surface area contributed by atoms with Crippen molar-refractivity contribution in [2.75, 3.05) is 13.1 Å². The highest BCUT2D eigenvalue weighted by Gasteiger charge is 2.58. The number of hydrogen-bond acceptors (Lipinski definition) is 5. The summed E-state index contributed by atoms with van der Waals surface area (Å²) in [5.41, 5.74) is 1.99. The predicted octanol–water partition coefficient (Wildman–Crippen LogP) is 4.29. The van der Waals surface area contributed by atoms with Crippen LogP contribution in [-0.4, -0.2) is 37.3 Å². The molecule has 0 spiro atoms. The zero-order valence-corrected chi connectivity index (χ0v) is 20.1. The monoisotopic (exact) mass is 499 g/mol. The van der Waals surface area contributed by atoms with Crippen molar-refractivity contribution < 1.29 is 13.2 Å². The number of halogens is 1. The lowest BCUT2D eigenvalue weighted by Crippen LogP contribution is -2.38. The molecule has 2 heterocycles. The molecule has 1 aromatic heterocycles. The highest BCUT2D eigenvalue weighted by Crippen LogP contribution is 2.55. The Morgan fingerprint density at radius 1 is 1.03 bits per heavy atom. The predicted molar refractivity (Wildman–Crippen MR) is 128 cm³/mol. The number of aromatic nitrogens is 1. The minimum Gasteiger partial charge on any atom is -0.341 e. The van der Waals surface area contributed by atoms with Gasteiger partial charge in [-0.1, -0.05) is 35.9 Å². The Kier molecular flexibility index (Phi) is 4.75. The van der Waals surface area contributed by atoms with Crippen molar-refractivity contribution in [3.63, 3.8) is 0 Å². The first-order valence-electron chi connectivity index (χ1n) is 10.9. The zero-order chi connectivity index (χ0) is 23.0. The molecule has 1 amide bonds. The van der Waals surface area contributed by atoms with Crippen LogP contribution in [0.4, 0.5) is 0 Å². The van der Waals surface area contributed by atoms with Gasteiger partial charge in [0.25, 0.3) is 0 Å². The lowest BCUT2D eigenvalue weighted by atomic mass is 10.0. The number of fused-ring (bicyclic) bond motifs is 1. The van der Waals surface area contributed by atoms with Crippen molar-refractivity contribution in [2.45, 2.75) is 29.6 Å². The molecule has 6 rings (SSSR count). The van der Waals surface area contributed by atoms with Crippen LogP contribution in [0.5, 0.6) is 0 Å². The fraction of sp³-hybridized carbons (Fsp3) is 0.333. The molecule has 9 heteroatoms. The summed E-state index contributed by atoms with van der Waals surface area (Å²) in [5.74, 6) is 1.60. The molecule has 0 bridgehead atoms. The molecule has 170 valence electrons. The summed E-state index contributed by atoms with van der Waals surface area (Å²) >= 11 is 7.62. The lowest BCUT2D eigenvalue weighted by molar-refractivity contribution is -0.133. The van der Waals surface area contributed by atoms with Gasteiger partial charge in [-0.15, -0.1) is 11.3 Å². The Morgan fingerprint density at radius 3 is 2.21 bits per heavy atom. The maximum absolute atomic E-state index is 13.5. The van der Waals surface area contributed by atoms with E-state index in [1.165, 1.54) is 29.9 Å². The number of hydrogen-bond donors (Lipinski definition) is 1. The number of piperidine rings is 1. The third-order valence-electron chi connectivity index (χ3n) is 7.02. The van der Waals surface area contributed by atoms with Crippen LogP contribution < -0.4 is 5.14 Å².